The number of fused-ring (bicyclic) bond motifs is 1. The molecule has 33 heavy (non-hydrogen) atoms. The van der Waals surface area contributed by atoms with Gasteiger partial charge in [0.05, 0.1) is 23.4 Å². The fourth-order valence-corrected chi connectivity index (χ4v) is 5.51. The van der Waals surface area contributed by atoms with Gasteiger partial charge in [-0.3, -0.25) is 9.58 Å². The monoisotopic (exact) mass is 491 g/mol. The summed E-state index contributed by atoms with van der Waals surface area (Å²) in [6.07, 6.45) is 6.37. The molecule has 174 valence electrons. The fourth-order valence-electron chi connectivity index (χ4n) is 4.84. The third kappa shape index (κ3) is 4.28. The molecule has 0 amide bonds. The molecule has 4 atom stereocenters. The number of rotatable bonds is 5. The van der Waals surface area contributed by atoms with Crippen LogP contribution in [-0.4, -0.2) is 50.0 Å². The number of hydrogen-bond donors (Lipinski definition) is 2. The highest BCUT2D eigenvalue weighted by Crippen LogP contribution is 2.38. The molecule has 3 aromatic rings. The molecule has 0 saturated carbocycles. The number of nitrogens with two attached hydrogens (primary N) is 1. The van der Waals surface area contributed by atoms with Gasteiger partial charge in [0.1, 0.15) is 11.9 Å². The zero-order valence-electron chi connectivity index (χ0n) is 18.0. The lowest BCUT2D eigenvalue weighted by Crippen LogP contribution is -2.25. The second-order valence-corrected chi connectivity index (χ2v) is 9.51. The number of pyridine rings is 1. The number of anilines is 1. The van der Waals surface area contributed by atoms with Crippen molar-refractivity contribution in [3.8, 4) is 16.9 Å². The summed E-state index contributed by atoms with van der Waals surface area (Å²) in [6, 6.07) is 5.12. The first-order chi connectivity index (χ1) is 15.8. The van der Waals surface area contributed by atoms with E-state index in [1.807, 2.05) is 10.9 Å². The van der Waals surface area contributed by atoms with Crippen LogP contribution in [0.2, 0.25) is 10.0 Å². The Kier molecular flexibility index (Phi) is 5.95. The Hall–Kier alpha value is -2.39. The number of nitrogen functional groups attached to an aromatic ring is 1. The molecule has 2 saturated heterocycles. The summed E-state index contributed by atoms with van der Waals surface area (Å²) in [5.74, 6) is -0.0167. The van der Waals surface area contributed by atoms with Gasteiger partial charge < -0.3 is 15.6 Å². The Bertz CT molecular complexity index is 1180. The maximum absolute atomic E-state index is 13.9. The van der Waals surface area contributed by atoms with Crippen LogP contribution in [0.5, 0.6) is 5.75 Å². The van der Waals surface area contributed by atoms with Crippen LogP contribution < -0.4 is 10.5 Å². The summed E-state index contributed by atoms with van der Waals surface area (Å²) in [5, 5.41) is 14.6. The molecule has 2 fully saturated rings. The summed E-state index contributed by atoms with van der Waals surface area (Å²) >= 11 is 12.4. The number of nitrogens with zero attached hydrogens (tertiary/aromatic N) is 4. The van der Waals surface area contributed by atoms with Gasteiger partial charge in [0.15, 0.2) is 11.6 Å². The largest absolute Gasteiger partial charge is 0.482 e. The van der Waals surface area contributed by atoms with Crippen molar-refractivity contribution in [3.05, 3.63) is 58.2 Å². The SMILES string of the molecule is CC(Oc1cc(-c2cnn(C3CC4CC(O)CN4C3)c2)cnc1N)c1c(Cl)ccc(F)c1Cl. The molecule has 5 rings (SSSR count). The Morgan fingerprint density at radius 3 is 2.79 bits per heavy atom. The number of aromatic nitrogens is 3. The molecule has 0 bridgehead atoms. The van der Waals surface area contributed by atoms with E-state index in [0.29, 0.717) is 22.4 Å². The van der Waals surface area contributed by atoms with Crippen LogP contribution in [0.15, 0.2) is 36.8 Å². The fraction of sp³-hybridized carbons (Fsp3) is 0.391. The first-order valence-electron chi connectivity index (χ1n) is 10.8. The Morgan fingerprint density at radius 2 is 2.00 bits per heavy atom. The van der Waals surface area contributed by atoms with E-state index in [1.54, 1.807) is 25.4 Å². The molecule has 0 aliphatic carbocycles. The van der Waals surface area contributed by atoms with Crippen molar-refractivity contribution in [1.82, 2.24) is 19.7 Å². The van der Waals surface area contributed by atoms with Crippen molar-refractivity contribution < 1.29 is 14.2 Å². The van der Waals surface area contributed by atoms with E-state index in [2.05, 4.69) is 15.0 Å². The van der Waals surface area contributed by atoms with Crippen molar-refractivity contribution >= 4 is 29.0 Å². The Morgan fingerprint density at radius 1 is 1.18 bits per heavy atom. The standard InChI is InChI=1S/C23H24Cl2FN5O2/c1-12(21-18(24)2-3-19(26)22(21)25)33-20-4-13(7-28-23(20)27)14-8-29-31(9-14)16-5-15-6-17(32)11-30(15)10-16/h2-4,7-9,12,15-17,32H,5-6,10-11H2,1H3,(H2,27,28). The van der Waals surface area contributed by atoms with Gasteiger partial charge in [0.2, 0.25) is 0 Å². The molecular weight excluding hydrogens is 468 g/mol. The zero-order valence-corrected chi connectivity index (χ0v) is 19.5. The van der Waals surface area contributed by atoms with Crippen molar-refractivity contribution in [2.24, 2.45) is 0 Å². The lowest BCUT2D eigenvalue weighted by Gasteiger charge is -2.19. The van der Waals surface area contributed by atoms with E-state index in [1.165, 1.54) is 12.1 Å². The number of aliphatic hydroxyl groups excluding tert-OH is 1. The van der Waals surface area contributed by atoms with Crippen LogP contribution in [0.25, 0.3) is 11.1 Å². The number of benzene rings is 1. The minimum atomic E-state index is -0.648. The van der Waals surface area contributed by atoms with Gasteiger partial charge in [-0.05, 0) is 38.0 Å². The predicted molar refractivity (Wildman–Crippen MR) is 125 cm³/mol. The van der Waals surface area contributed by atoms with E-state index < -0.39 is 11.9 Å². The van der Waals surface area contributed by atoms with E-state index in [4.69, 9.17) is 33.7 Å². The molecule has 7 nitrogen and oxygen atoms in total. The molecule has 10 heteroatoms. The third-order valence-electron chi connectivity index (χ3n) is 6.48. The normalized spacial score (nSPS) is 23.6. The number of ether oxygens (including phenoxy) is 1. The van der Waals surface area contributed by atoms with Gasteiger partial charge in [-0.25, -0.2) is 9.37 Å². The predicted octanol–water partition coefficient (Wildman–Crippen LogP) is 4.49. The Labute approximate surface area is 200 Å². The van der Waals surface area contributed by atoms with E-state index in [9.17, 15) is 9.50 Å². The molecule has 4 unspecified atom stereocenters. The minimum absolute atomic E-state index is 0.0800. The van der Waals surface area contributed by atoms with Crippen molar-refractivity contribution in [2.75, 3.05) is 18.8 Å². The summed E-state index contributed by atoms with van der Waals surface area (Å²) in [7, 11) is 0. The van der Waals surface area contributed by atoms with Gasteiger partial charge >= 0.3 is 0 Å². The van der Waals surface area contributed by atoms with E-state index >= 15 is 0 Å². The average molecular weight is 492 g/mol. The minimum Gasteiger partial charge on any atom is -0.482 e. The third-order valence-corrected chi connectivity index (χ3v) is 7.19. The lowest BCUT2D eigenvalue weighted by molar-refractivity contribution is 0.173. The molecule has 1 aromatic carbocycles. The zero-order chi connectivity index (χ0) is 23.3. The average Bonchev–Trinajstić information content (AvgIpc) is 3.47. The highest BCUT2D eigenvalue weighted by Gasteiger charge is 2.40. The van der Waals surface area contributed by atoms with Gasteiger partial charge in [0.25, 0.3) is 0 Å². The maximum atomic E-state index is 13.9. The molecule has 4 heterocycles. The highest BCUT2D eigenvalue weighted by atomic mass is 35.5. The first kappa shape index (κ1) is 22.4. The van der Waals surface area contributed by atoms with Crippen LogP contribution >= 0.6 is 23.2 Å². The second-order valence-electron chi connectivity index (χ2n) is 8.72. The molecular formula is C23H24Cl2FN5O2. The molecule has 3 N–H and O–H groups in total. The maximum Gasteiger partial charge on any atom is 0.166 e. The smallest absolute Gasteiger partial charge is 0.166 e. The van der Waals surface area contributed by atoms with Gasteiger partial charge in [-0.15, -0.1) is 0 Å². The quantitative estimate of drug-likeness (QED) is 0.511. The second kappa shape index (κ2) is 8.76. The molecule has 2 aliphatic heterocycles. The number of aliphatic hydroxyl groups is 1. The van der Waals surface area contributed by atoms with E-state index in [-0.39, 0.29) is 23.0 Å². The van der Waals surface area contributed by atoms with Crippen LogP contribution in [0.3, 0.4) is 0 Å². The van der Waals surface area contributed by atoms with Gasteiger partial charge in [0, 0.05) is 53.2 Å². The molecule has 2 aromatic heterocycles. The summed E-state index contributed by atoms with van der Waals surface area (Å²) in [4.78, 5) is 6.60. The first-order valence-corrected chi connectivity index (χ1v) is 11.6. The van der Waals surface area contributed by atoms with E-state index in [0.717, 1.165) is 37.1 Å². The topological polar surface area (TPSA) is 89.4 Å². The van der Waals surface area contributed by atoms with Gasteiger partial charge in [-0.2, -0.15) is 5.10 Å². The summed E-state index contributed by atoms with van der Waals surface area (Å²) in [6.45, 7) is 3.33. The summed E-state index contributed by atoms with van der Waals surface area (Å²) in [5.41, 5.74) is 8.07. The van der Waals surface area contributed by atoms with Gasteiger partial charge in [-0.1, -0.05) is 23.2 Å². The Balaban J connectivity index is 1.35. The summed E-state index contributed by atoms with van der Waals surface area (Å²) < 4.78 is 21.9. The molecule has 2 aliphatic rings. The lowest BCUT2D eigenvalue weighted by atomic mass is 10.1. The molecule has 0 spiro atoms. The van der Waals surface area contributed by atoms with Crippen LogP contribution in [0.1, 0.15) is 37.5 Å². The van der Waals surface area contributed by atoms with Crippen LogP contribution in [-0.2, 0) is 0 Å². The van der Waals surface area contributed by atoms with Crippen molar-refractivity contribution in [3.63, 3.8) is 0 Å². The van der Waals surface area contributed by atoms with Crippen LogP contribution in [0, 0.1) is 5.82 Å². The van der Waals surface area contributed by atoms with Crippen LogP contribution in [0.4, 0.5) is 10.2 Å². The number of hydrogen-bond acceptors (Lipinski definition) is 6. The molecule has 0 radical (unpaired) electrons. The van der Waals surface area contributed by atoms with Crippen molar-refractivity contribution in [1.29, 1.82) is 0 Å². The van der Waals surface area contributed by atoms with Crippen molar-refractivity contribution in [2.45, 2.75) is 44.1 Å². The number of halogens is 3. The highest BCUT2D eigenvalue weighted by molar-refractivity contribution is 6.36.